The van der Waals surface area contributed by atoms with Gasteiger partial charge in [-0.25, -0.2) is 17.5 Å². The number of ether oxygens (including phenoxy) is 1. The lowest BCUT2D eigenvalue weighted by Crippen LogP contribution is -2.47. The van der Waals surface area contributed by atoms with Crippen LogP contribution < -0.4 is 10.0 Å². The molecule has 1 saturated carbocycles. The lowest BCUT2D eigenvalue weighted by molar-refractivity contribution is 0.0236. The molecule has 118 valence electrons. The van der Waals surface area contributed by atoms with E-state index in [0.717, 1.165) is 0 Å². The number of hydrogen-bond donors (Lipinski definition) is 2. The summed E-state index contributed by atoms with van der Waals surface area (Å²) in [7, 11) is -2.00. The number of nitrogens with one attached hydrogen (secondary N) is 2. The monoisotopic (exact) mass is 316 g/mol. The van der Waals surface area contributed by atoms with Gasteiger partial charge in [0.1, 0.15) is 5.82 Å². The van der Waals surface area contributed by atoms with E-state index in [4.69, 9.17) is 4.74 Å². The zero-order chi connectivity index (χ0) is 15.5. The molecule has 0 spiro atoms. The van der Waals surface area contributed by atoms with Gasteiger partial charge in [0, 0.05) is 25.3 Å². The van der Waals surface area contributed by atoms with Crippen molar-refractivity contribution in [2.75, 3.05) is 13.7 Å². The van der Waals surface area contributed by atoms with Gasteiger partial charge in [-0.2, -0.15) is 0 Å². The van der Waals surface area contributed by atoms with Crippen LogP contribution in [0.3, 0.4) is 0 Å². The van der Waals surface area contributed by atoms with E-state index in [2.05, 4.69) is 10.0 Å². The molecule has 0 bridgehead atoms. The molecule has 1 aromatic carbocycles. The Morgan fingerprint density at radius 1 is 1.38 bits per heavy atom. The highest BCUT2D eigenvalue weighted by molar-refractivity contribution is 7.89. The van der Waals surface area contributed by atoms with Crippen molar-refractivity contribution in [1.82, 2.24) is 10.0 Å². The zero-order valence-corrected chi connectivity index (χ0v) is 13.0. The predicted molar refractivity (Wildman–Crippen MR) is 77.9 cm³/mol. The SMILES string of the molecule is CCNCc1cc(S(=O)(=O)NC2CC(OC)C2)ccc1F. The van der Waals surface area contributed by atoms with Crippen molar-refractivity contribution in [3.8, 4) is 0 Å². The minimum absolute atomic E-state index is 0.0951. The fourth-order valence-electron chi connectivity index (χ4n) is 2.26. The Kier molecular flexibility index (Phi) is 5.32. The minimum atomic E-state index is -3.62. The lowest BCUT2D eigenvalue weighted by atomic mass is 9.90. The molecule has 0 amide bonds. The van der Waals surface area contributed by atoms with Crippen LogP contribution in [0.1, 0.15) is 25.3 Å². The Balaban J connectivity index is 2.09. The molecule has 2 N–H and O–H groups in total. The van der Waals surface area contributed by atoms with Gasteiger partial charge in [-0.1, -0.05) is 6.92 Å². The highest BCUT2D eigenvalue weighted by Gasteiger charge is 2.32. The largest absolute Gasteiger partial charge is 0.381 e. The molecule has 1 fully saturated rings. The first-order valence-electron chi connectivity index (χ1n) is 7.00. The van der Waals surface area contributed by atoms with Crippen molar-refractivity contribution in [2.24, 2.45) is 0 Å². The Hall–Kier alpha value is -1.02. The van der Waals surface area contributed by atoms with Crippen LogP contribution in [0.15, 0.2) is 23.1 Å². The number of halogens is 1. The van der Waals surface area contributed by atoms with Gasteiger partial charge < -0.3 is 10.1 Å². The molecule has 1 aliphatic rings. The summed E-state index contributed by atoms with van der Waals surface area (Å²) in [5.41, 5.74) is 0.350. The van der Waals surface area contributed by atoms with Crippen molar-refractivity contribution in [1.29, 1.82) is 0 Å². The summed E-state index contributed by atoms with van der Waals surface area (Å²) >= 11 is 0. The van der Waals surface area contributed by atoms with Crippen molar-refractivity contribution in [2.45, 2.75) is 43.4 Å². The van der Waals surface area contributed by atoms with E-state index in [1.165, 1.54) is 18.2 Å². The molecule has 21 heavy (non-hydrogen) atoms. The molecule has 0 atom stereocenters. The normalized spacial score (nSPS) is 22.0. The Labute approximate surface area is 124 Å². The van der Waals surface area contributed by atoms with Crippen LogP contribution in [0, 0.1) is 5.82 Å². The van der Waals surface area contributed by atoms with Crippen molar-refractivity contribution in [3.63, 3.8) is 0 Å². The molecular weight excluding hydrogens is 295 g/mol. The number of sulfonamides is 1. The summed E-state index contributed by atoms with van der Waals surface area (Å²) in [5.74, 6) is -0.405. The second-order valence-corrected chi connectivity index (χ2v) is 6.89. The predicted octanol–water partition coefficient (Wildman–Crippen LogP) is 1.39. The van der Waals surface area contributed by atoms with E-state index < -0.39 is 15.8 Å². The second-order valence-electron chi connectivity index (χ2n) is 5.18. The first-order chi connectivity index (χ1) is 9.96. The van der Waals surface area contributed by atoms with E-state index in [-0.39, 0.29) is 17.0 Å². The van der Waals surface area contributed by atoms with Crippen LogP contribution in [-0.2, 0) is 21.3 Å². The van der Waals surface area contributed by atoms with E-state index in [1.54, 1.807) is 7.11 Å². The number of rotatable bonds is 7. The molecule has 0 aromatic heterocycles. The van der Waals surface area contributed by atoms with Crippen molar-refractivity contribution in [3.05, 3.63) is 29.6 Å². The second kappa shape index (κ2) is 6.83. The zero-order valence-electron chi connectivity index (χ0n) is 12.2. The average molecular weight is 316 g/mol. The summed E-state index contributed by atoms with van der Waals surface area (Å²) < 4.78 is 45.9. The maximum atomic E-state index is 13.6. The van der Waals surface area contributed by atoms with E-state index in [1.807, 2.05) is 6.92 Å². The van der Waals surface area contributed by atoms with Gasteiger partial charge in [-0.05, 0) is 37.6 Å². The van der Waals surface area contributed by atoms with Crippen LogP contribution in [-0.4, -0.2) is 34.2 Å². The third kappa shape index (κ3) is 4.00. The summed E-state index contributed by atoms with van der Waals surface area (Å²) in [4.78, 5) is 0.0951. The van der Waals surface area contributed by atoms with Crippen molar-refractivity contribution < 1.29 is 17.5 Å². The maximum absolute atomic E-state index is 13.6. The molecule has 0 heterocycles. The molecule has 5 nitrogen and oxygen atoms in total. The fourth-order valence-corrected chi connectivity index (χ4v) is 3.57. The molecule has 2 rings (SSSR count). The van der Waals surface area contributed by atoms with Crippen molar-refractivity contribution >= 4 is 10.0 Å². The number of methoxy groups -OCH3 is 1. The van der Waals surface area contributed by atoms with Gasteiger partial charge in [0.25, 0.3) is 0 Å². The van der Waals surface area contributed by atoms with Gasteiger partial charge in [-0.3, -0.25) is 0 Å². The molecular formula is C14H21FN2O3S. The van der Waals surface area contributed by atoms with Crippen LogP contribution >= 0.6 is 0 Å². The van der Waals surface area contributed by atoms with Crippen LogP contribution in [0.4, 0.5) is 4.39 Å². The molecule has 0 radical (unpaired) electrons. The lowest BCUT2D eigenvalue weighted by Gasteiger charge is -2.34. The van der Waals surface area contributed by atoms with Gasteiger partial charge in [0.05, 0.1) is 11.0 Å². The van der Waals surface area contributed by atoms with E-state index in [0.29, 0.717) is 31.5 Å². The first-order valence-corrected chi connectivity index (χ1v) is 8.49. The molecule has 0 saturated heterocycles. The Morgan fingerprint density at radius 3 is 2.71 bits per heavy atom. The molecule has 0 unspecified atom stereocenters. The van der Waals surface area contributed by atoms with E-state index in [9.17, 15) is 12.8 Å². The quantitative estimate of drug-likeness (QED) is 0.798. The number of hydrogen-bond acceptors (Lipinski definition) is 4. The topological polar surface area (TPSA) is 67.4 Å². The third-order valence-corrected chi connectivity index (χ3v) is 5.16. The van der Waals surface area contributed by atoms with E-state index >= 15 is 0 Å². The summed E-state index contributed by atoms with van der Waals surface area (Å²) in [5, 5.41) is 2.99. The van der Waals surface area contributed by atoms with Gasteiger partial charge in [0.2, 0.25) is 10.0 Å². The summed E-state index contributed by atoms with van der Waals surface area (Å²) in [6.07, 6.45) is 1.46. The highest BCUT2D eigenvalue weighted by Crippen LogP contribution is 2.25. The standard InChI is InChI=1S/C14H21FN2O3S/c1-3-16-9-10-6-13(4-5-14(10)15)21(18,19)17-11-7-12(8-11)20-2/h4-6,11-12,16-17H,3,7-9H2,1-2H3. The average Bonchev–Trinajstić information content (AvgIpc) is 2.41. The van der Waals surface area contributed by atoms with Crippen LogP contribution in [0.2, 0.25) is 0 Å². The minimum Gasteiger partial charge on any atom is -0.381 e. The number of benzene rings is 1. The first kappa shape index (κ1) is 16.4. The summed E-state index contributed by atoms with van der Waals surface area (Å²) in [6, 6.07) is 3.76. The summed E-state index contributed by atoms with van der Waals surface area (Å²) in [6.45, 7) is 2.90. The van der Waals surface area contributed by atoms with Gasteiger partial charge in [-0.15, -0.1) is 0 Å². The molecule has 7 heteroatoms. The van der Waals surface area contributed by atoms with Crippen LogP contribution in [0.5, 0.6) is 0 Å². The van der Waals surface area contributed by atoms with Gasteiger partial charge >= 0.3 is 0 Å². The van der Waals surface area contributed by atoms with Gasteiger partial charge in [0.15, 0.2) is 0 Å². The maximum Gasteiger partial charge on any atom is 0.240 e. The fraction of sp³-hybridized carbons (Fsp3) is 0.571. The molecule has 1 aromatic rings. The molecule has 0 aliphatic heterocycles. The Bertz CT molecular complexity index is 586. The smallest absolute Gasteiger partial charge is 0.240 e. The van der Waals surface area contributed by atoms with Crippen LogP contribution in [0.25, 0.3) is 0 Å². The molecule has 1 aliphatic carbocycles. The highest BCUT2D eigenvalue weighted by atomic mass is 32.2. The Morgan fingerprint density at radius 2 is 2.10 bits per heavy atom. The third-order valence-electron chi connectivity index (χ3n) is 3.64.